The lowest BCUT2D eigenvalue weighted by Crippen LogP contribution is -2.37. The third-order valence-corrected chi connectivity index (χ3v) is 7.77. The van der Waals surface area contributed by atoms with E-state index in [4.69, 9.17) is 0 Å². The molecule has 0 aromatic heterocycles. The summed E-state index contributed by atoms with van der Waals surface area (Å²) in [5.74, 6) is 0. The first-order valence-corrected chi connectivity index (χ1v) is 12.5. The van der Waals surface area contributed by atoms with Gasteiger partial charge in [0, 0.05) is 22.7 Å². The van der Waals surface area contributed by atoms with Gasteiger partial charge in [-0.05, 0) is 44.2 Å². The molecule has 4 rings (SSSR count). The van der Waals surface area contributed by atoms with Gasteiger partial charge in [-0.25, -0.2) is 0 Å². The Hall–Kier alpha value is -2.21. The summed E-state index contributed by atoms with van der Waals surface area (Å²) in [6, 6.07) is 22.7. The Balaban J connectivity index is 2.10. The molecule has 0 radical (unpaired) electrons. The molecule has 1 aliphatic rings. The van der Waals surface area contributed by atoms with Crippen LogP contribution in [0.4, 0.5) is 5.69 Å². The number of fused-ring (bicyclic) bond motifs is 3. The largest absolute Gasteiger partial charge is 0.298 e. The molecule has 0 fully saturated rings. The van der Waals surface area contributed by atoms with Gasteiger partial charge in [0.15, 0.2) is 0 Å². The molecule has 0 aliphatic heterocycles. The van der Waals surface area contributed by atoms with Crippen molar-refractivity contribution in [1.29, 1.82) is 0 Å². The highest BCUT2D eigenvalue weighted by Gasteiger charge is 2.31. The zero-order valence-electron chi connectivity index (χ0n) is 21.2. The topological polar surface area (TPSA) is 0 Å². The van der Waals surface area contributed by atoms with Gasteiger partial charge < -0.3 is 0 Å². The van der Waals surface area contributed by atoms with E-state index in [1.165, 1.54) is 57.9 Å². The minimum Gasteiger partial charge on any atom is -0.298 e. The van der Waals surface area contributed by atoms with E-state index in [2.05, 4.69) is 123 Å². The van der Waals surface area contributed by atoms with E-state index >= 15 is 0 Å². The monoisotopic (exact) mass is 442 g/mol. The van der Waals surface area contributed by atoms with Crippen molar-refractivity contribution in [2.45, 2.75) is 52.4 Å². The molecule has 2 heteroatoms. The standard InChI is InChI=1S/C30H37NP/c1-29(2,3)25-18-20(31(7,8)9)19-26(30(4,5)6)28(25)32-27-23-16-12-10-14-21(23)22-15-11-13-17-24(22)27/h10-19H,1-9H3/q+1. The highest BCUT2D eigenvalue weighted by atomic mass is 31.1. The predicted octanol–water partition coefficient (Wildman–Crippen LogP) is 7.30. The lowest BCUT2D eigenvalue weighted by atomic mass is 9.80. The maximum absolute atomic E-state index is 2.46. The van der Waals surface area contributed by atoms with Crippen LogP contribution in [0.15, 0.2) is 60.7 Å². The van der Waals surface area contributed by atoms with Crippen molar-refractivity contribution in [1.82, 2.24) is 4.48 Å². The Morgan fingerprint density at radius 2 is 0.969 bits per heavy atom. The van der Waals surface area contributed by atoms with Gasteiger partial charge in [0.05, 0.1) is 21.1 Å². The Kier molecular flexibility index (Phi) is 5.51. The fourth-order valence-electron chi connectivity index (χ4n) is 4.50. The molecule has 0 unspecified atom stereocenters. The molecule has 0 N–H and O–H groups in total. The molecule has 1 nitrogen and oxygen atoms in total. The number of nitrogens with zero attached hydrogens (tertiary/aromatic N) is 1. The Bertz CT molecular complexity index is 1130. The van der Waals surface area contributed by atoms with Gasteiger partial charge >= 0.3 is 0 Å². The van der Waals surface area contributed by atoms with Gasteiger partial charge in [0.1, 0.15) is 5.69 Å². The van der Waals surface area contributed by atoms with E-state index < -0.39 is 0 Å². The number of hydrogen-bond donors (Lipinski definition) is 0. The Morgan fingerprint density at radius 3 is 1.31 bits per heavy atom. The van der Waals surface area contributed by atoms with E-state index in [1.54, 1.807) is 0 Å². The molecule has 3 aromatic rings. The van der Waals surface area contributed by atoms with Crippen LogP contribution in [0.1, 0.15) is 63.8 Å². The van der Waals surface area contributed by atoms with Crippen LogP contribution in [-0.4, -0.2) is 26.4 Å². The van der Waals surface area contributed by atoms with Crippen molar-refractivity contribution < 1.29 is 0 Å². The lowest BCUT2D eigenvalue weighted by molar-refractivity contribution is 0.481. The van der Waals surface area contributed by atoms with Crippen LogP contribution in [0.5, 0.6) is 0 Å². The van der Waals surface area contributed by atoms with E-state index in [9.17, 15) is 0 Å². The van der Waals surface area contributed by atoms with Crippen LogP contribution in [0, 0.1) is 0 Å². The minimum atomic E-state index is 0.0612. The summed E-state index contributed by atoms with van der Waals surface area (Å²) >= 11 is 0. The van der Waals surface area contributed by atoms with E-state index in [1.807, 2.05) is 0 Å². The Labute approximate surface area is 196 Å². The average molecular weight is 443 g/mol. The molecule has 0 saturated heterocycles. The third-order valence-electron chi connectivity index (χ3n) is 6.36. The molecular weight excluding hydrogens is 405 g/mol. The fourth-order valence-corrected chi connectivity index (χ4v) is 6.39. The van der Waals surface area contributed by atoms with Crippen molar-refractivity contribution in [2.24, 2.45) is 0 Å². The van der Waals surface area contributed by atoms with Gasteiger partial charge in [0.25, 0.3) is 0 Å². The van der Waals surface area contributed by atoms with E-state index in [0.29, 0.717) is 0 Å². The van der Waals surface area contributed by atoms with Crippen LogP contribution in [0.2, 0.25) is 0 Å². The van der Waals surface area contributed by atoms with Crippen LogP contribution in [0.25, 0.3) is 11.1 Å². The molecular formula is C30H37NP+. The number of hydrogen-bond acceptors (Lipinski definition) is 0. The normalized spacial score (nSPS) is 14.0. The van der Waals surface area contributed by atoms with Crippen molar-refractivity contribution in [2.75, 3.05) is 21.1 Å². The third kappa shape index (κ3) is 4.09. The van der Waals surface area contributed by atoms with Gasteiger partial charge in [-0.3, -0.25) is 4.48 Å². The highest BCUT2D eigenvalue weighted by Crippen LogP contribution is 2.41. The number of quaternary nitrogens is 1. The van der Waals surface area contributed by atoms with Gasteiger partial charge in [0.2, 0.25) is 0 Å². The SMILES string of the molecule is CC(C)(C)c1cc([N+](C)(C)C)cc(C(C)(C)C)c1P=C1c2ccccc2-c2ccccc21. The second-order valence-corrected chi connectivity index (χ2v) is 13.1. The summed E-state index contributed by atoms with van der Waals surface area (Å²) in [6.07, 6.45) is 0. The zero-order chi connectivity index (χ0) is 23.5. The molecule has 32 heavy (non-hydrogen) atoms. The van der Waals surface area contributed by atoms with Crippen LogP contribution < -0.4 is 9.79 Å². The maximum Gasteiger partial charge on any atom is 0.132 e. The molecule has 0 spiro atoms. The van der Waals surface area contributed by atoms with Crippen molar-refractivity contribution >= 4 is 24.5 Å². The summed E-state index contributed by atoms with van der Waals surface area (Å²) < 4.78 is 0.825. The maximum atomic E-state index is 2.46. The summed E-state index contributed by atoms with van der Waals surface area (Å²) in [6.45, 7) is 14.1. The quantitative estimate of drug-likeness (QED) is 0.226. The molecule has 0 amide bonds. The number of benzene rings is 3. The summed E-state index contributed by atoms with van der Waals surface area (Å²) in [5.41, 5.74) is 9.91. The smallest absolute Gasteiger partial charge is 0.132 e. The molecule has 166 valence electrons. The first-order valence-electron chi connectivity index (χ1n) is 11.6. The molecule has 0 saturated carbocycles. The first-order chi connectivity index (χ1) is 14.8. The second-order valence-electron chi connectivity index (χ2n) is 12.0. The molecule has 0 heterocycles. The molecule has 3 aromatic carbocycles. The van der Waals surface area contributed by atoms with E-state index in [-0.39, 0.29) is 10.8 Å². The fraction of sp³-hybridized carbons (Fsp3) is 0.367. The van der Waals surface area contributed by atoms with Gasteiger partial charge in [-0.15, -0.1) is 0 Å². The molecule has 0 atom stereocenters. The molecule has 0 bridgehead atoms. The molecule has 1 aliphatic carbocycles. The van der Waals surface area contributed by atoms with Crippen molar-refractivity contribution in [3.63, 3.8) is 0 Å². The van der Waals surface area contributed by atoms with Crippen molar-refractivity contribution in [3.8, 4) is 11.1 Å². The van der Waals surface area contributed by atoms with Crippen LogP contribution >= 0.6 is 8.20 Å². The lowest BCUT2D eigenvalue weighted by Gasteiger charge is -2.33. The number of rotatable bonds is 2. The van der Waals surface area contributed by atoms with Crippen molar-refractivity contribution in [3.05, 3.63) is 82.9 Å². The second kappa shape index (κ2) is 7.68. The van der Waals surface area contributed by atoms with Crippen LogP contribution in [0.3, 0.4) is 0 Å². The Morgan fingerprint density at radius 1 is 0.594 bits per heavy atom. The summed E-state index contributed by atoms with van der Waals surface area (Å²) in [5, 5.41) is 2.91. The highest BCUT2D eigenvalue weighted by molar-refractivity contribution is 7.50. The summed E-state index contributed by atoms with van der Waals surface area (Å²) in [4.78, 5) is 0. The zero-order valence-corrected chi connectivity index (χ0v) is 22.1. The van der Waals surface area contributed by atoms with Gasteiger partial charge in [-0.2, -0.15) is 0 Å². The summed E-state index contributed by atoms with van der Waals surface area (Å²) in [7, 11) is 8.10. The minimum absolute atomic E-state index is 0.0612. The predicted molar refractivity (Wildman–Crippen MR) is 145 cm³/mol. The van der Waals surface area contributed by atoms with E-state index in [0.717, 1.165) is 4.48 Å². The first kappa shape index (κ1) is 23.0. The average Bonchev–Trinajstić information content (AvgIpc) is 3.00. The van der Waals surface area contributed by atoms with Gasteiger partial charge in [-0.1, -0.05) is 98.3 Å². The van der Waals surface area contributed by atoms with Crippen LogP contribution in [-0.2, 0) is 10.8 Å².